The predicted molar refractivity (Wildman–Crippen MR) is 161 cm³/mol. The van der Waals surface area contributed by atoms with Crippen LogP contribution in [0.2, 0.25) is 0 Å². The van der Waals surface area contributed by atoms with E-state index in [0.29, 0.717) is 24.3 Å². The number of ketones is 1. The normalized spacial score (nSPS) is 43.1. The van der Waals surface area contributed by atoms with Crippen LogP contribution in [0.1, 0.15) is 85.6 Å². The van der Waals surface area contributed by atoms with E-state index < -0.39 is 12.2 Å². The smallest absolute Gasteiger partial charge is 0.303 e. The highest BCUT2D eigenvalue weighted by atomic mass is 16.5. The number of allylic oxidation sites excluding steroid dienone is 1. The molecular formula is C36H46O5. The van der Waals surface area contributed by atoms with Gasteiger partial charge in [0.2, 0.25) is 0 Å². The number of aliphatic hydroxyl groups excluding tert-OH is 2. The third-order valence-electron chi connectivity index (χ3n) is 12.7. The molecule has 5 heteroatoms. The van der Waals surface area contributed by atoms with E-state index in [-0.39, 0.29) is 51.9 Å². The van der Waals surface area contributed by atoms with Gasteiger partial charge in [-0.15, -0.1) is 0 Å². The first-order valence-electron chi connectivity index (χ1n) is 15.6. The zero-order valence-corrected chi connectivity index (χ0v) is 25.4. The first-order chi connectivity index (χ1) is 19.3. The summed E-state index contributed by atoms with van der Waals surface area (Å²) < 4.78 is 6.08. The fraction of sp³-hybridized carbons (Fsp3) is 0.611. The fourth-order valence-electron chi connectivity index (χ4n) is 10.8. The highest BCUT2D eigenvalue weighted by Crippen LogP contribution is 2.74. The molecule has 220 valence electrons. The van der Waals surface area contributed by atoms with Gasteiger partial charge in [0, 0.05) is 12.5 Å². The number of benzene rings is 2. The molecule has 2 N–H and O–H groups in total. The second-order valence-corrected chi connectivity index (χ2v) is 14.5. The maximum absolute atomic E-state index is 13.5. The molecule has 6 rings (SSSR count). The lowest BCUT2D eigenvalue weighted by Crippen LogP contribution is -2.65. The molecule has 5 nitrogen and oxygen atoms in total. The van der Waals surface area contributed by atoms with Crippen molar-refractivity contribution < 1.29 is 24.5 Å². The molecule has 0 saturated heterocycles. The number of hydrogen-bond acceptors (Lipinski definition) is 5. The Labute approximate surface area is 244 Å². The molecule has 0 radical (unpaired) electrons. The van der Waals surface area contributed by atoms with Crippen LogP contribution >= 0.6 is 0 Å². The average molecular weight is 559 g/mol. The van der Waals surface area contributed by atoms with Crippen molar-refractivity contribution in [2.24, 2.45) is 39.9 Å². The topological polar surface area (TPSA) is 83.8 Å². The summed E-state index contributed by atoms with van der Waals surface area (Å²) in [7, 11) is 0. The summed E-state index contributed by atoms with van der Waals surface area (Å²) in [6.45, 7) is 12.3. The molecule has 4 aliphatic rings. The van der Waals surface area contributed by atoms with Gasteiger partial charge < -0.3 is 14.9 Å². The number of hydrogen-bond donors (Lipinski definition) is 2. The molecule has 1 unspecified atom stereocenters. The maximum atomic E-state index is 13.5. The summed E-state index contributed by atoms with van der Waals surface area (Å²) in [6, 6.07) is 14.3. The van der Waals surface area contributed by atoms with E-state index in [4.69, 9.17) is 4.74 Å². The van der Waals surface area contributed by atoms with Gasteiger partial charge in [-0.05, 0) is 113 Å². The monoisotopic (exact) mass is 558 g/mol. The molecule has 4 fully saturated rings. The van der Waals surface area contributed by atoms with Crippen LogP contribution in [0.3, 0.4) is 0 Å². The van der Waals surface area contributed by atoms with Crippen LogP contribution in [0.15, 0.2) is 48.0 Å². The molecular weight excluding hydrogens is 512 g/mol. The van der Waals surface area contributed by atoms with Gasteiger partial charge >= 0.3 is 5.97 Å². The van der Waals surface area contributed by atoms with Crippen LogP contribution in [0, 0.1) is 39.9 Å². The number of esters is 1. The largest absolute Gasteiger partial charge is 0.458 e. The van der Waals surface area contributed by atoms with E-state index in [1.54, 1.807) is 6.92 Å². The highest BCUT2D eigenvalue weighted by molar-refractivity contribution is 6.21. The maximum Gasteiger partial charge on any atom is 0.303 e. The molecule has 4 saturated carbocycles. The molecule has 0 amide bonds. The van der Waals surface area contributed by atoms with Crippen molar-refractivity contribution in [1.82, 2.24) is 0 Å². The molecule has 4 aliphatic carbocycles. The van der Waals surface area contributed by atoms with Gasteiger partial charge in [0.05, 0.1) is 12.2 Å². The van der Waals surface area contributed by atoms with Crippen LogP contribution in [0.5, 0.6) is 0 Å². The van der Waals surface area contributed by atoms with E-state index in [2.05, 4.69) is 52.0 Å². The van der Waals surface area contributed by atoms with Crippen molar-refractivity contribution in [3.05, 3.63) is 53.6 Å². The van der Waals surface area contributed by atoms with Crippen molar-refractivity contribution in [2.45, 2.75) is 98.4 Å². The Morgan fingerprint density at radius 3 is 2.29 bits per heavy atom. The van der Waals surface area contributed by atoms with Crippen LogP contribution in [0.25, 0.3) is 16.3 Å². The standard InChI is InChI=1S/C36H46O5/c1-20-26-13-16-35(5)33(34(26,4)15-14-28(20)39)29(40)18-27-32(30(41-22(3)38)19-36(27,35)6)31(21(2)37)25-12-11-23-9-7-8-10-24(23)17-25/h7-12,17,20,26-30,33,39-40H,13-16,18-19H2,1-6H3/b32-31+/t20-,26-,27?,28+,29+,30-,33-,34-,35-,36-/m0/s1. The van der Waals surface area contributed by atoms with Gasteiger partial charge in [-0.1, -0.05) is 64.1 Å². The quantitative estimate of drug-likeness (QED) is 0.322. The minimum absolute atomic E-state index is 0.0378. The minimum Gasteiger partial charge on any atom is -0.458 e. The van der Waals surface area contributed by atoms with Gasteiger partial charge in [-0.2, -0.15) is 0 Å². The molecule has 0 spiro atoms. The summed E-state index contributed by atoms with van der Waals surface area (Å²) >= 11 is 0. The number of Topliss-reactive ketones (excluding diaryl/α,β-unsaturated/α-hetero) is 1. The lowest BCUT2D eigenvalue weighted by atomic mass is 9.36. The van der Waals surface area contributed by atoms with Gasteiger partial charge in [0.1, 0.15) is 6.10 Å². The van der Waals surface area contributed by atoms with Gasteiger partial charge in [-0.3, -0.25) is 9.59 Å². The molecule has 0 aliphatic heterocycles. The Morgan fingerprint density at radius 1 is 0.902 bits per heavy atom. The lowest BCUT2D eigenvalue weighted by molar-refractivity contribution is -0.234. The Bertz CT molecular complexity index is 1430. The third kappa shape index (κ3) is 4.09. The van der Waals surface area contributed by atoms with Crippen LogP contribution in [-0.4, -0.2) is 40.3 Å². The molecule has 2 aromatic carbocycles. The number of fused-ring (bicyclic) bond motifs is 6. The number of aliphatic hydroxyl groups is 2. The van der Waals surface area contributed by atoms with Crippen molar-refractivity contribution >= 4 is 28.1 Å². The van der Waals surface area contributed by atoms with Crippen molar-refractivity contribution in [3.8, 4) is 0 Å². The number of ether oxygens (including phenoxy) is 1. The van der Waals surface area contributed by atoms with Crippen molar-refractivity contribution in [2.75, 3.05) is 0 Å². The Morgan fingerprint density at radius 2 is 1.61 bits per heavy atom. The van der Waals surface area contributed by atoms with E-state index >= 15 is 0 Å². The number of carbonyl (C=O) groups is 2. The van der Waals surface area contributed by atoms with Gasteiger partial charge in [-0.25, -0.2) is 0 Å². The third-order valence-corrected chi connectivity index (χ3v) is 12.7. The zero-order valence-electron chi connectivity index (χ0n) is 25.4. The zero-order chi connectivity index (χ0) is 29.5. The van der Waals surface area contributed by atoms with E-state index in [0.717, 1.165) is 47.6 Å². The van der Waals surface area contributed by atoms with Crippen LogP contribution < -0.4 is 0 Å². The lowest BCUT2D eigenvalue weighted by Gasteiger charge is -2.69. The summed E-state index contributed by atoms with van der Waals surface area (Å²) in [6.07, 6.45) is 3.51. The summed E-state index contributed by atoms with van der Waals surface area (Å²) in [5.74, 6) is 0.184. The molecule has 0 bridgehead atoms. The van der Waals surface area contributed by atoms with Crippen molar-refractivity contribution in [1.29, 1.82) is 0 Å². The summed E-state index contributed by atoms with van der Waals surface area (Å²) in [4.78, 5) is 26.0. The van der Waals surface area contributed by atoms with E-state index in [1.807, 2.05) is 18.2 Å². The number of carbonyl (C=O) groups excluding carboxylic acids is 2. The van der Waals surface area contributed by atoms with Gasteiger partial charge in [0.15, 0.2) is 5.78 Å². The Kier molecular flexibility index (Phi) is 6.82. The van der Waals surface area contributed by atoms with Gasteiger partial charge in [0.25, 0.3) is 0 Å². The Hall–Kier alpha value is -2.50. The summed E-state index contributed by atoms with van der Waals surface area (Å²) in [5.41, 5.74) is 1.82. The molecule has 0 aromatic heterocycles. The summed E-state index contributed by atoms with van der Waals surface area (Å²) in [5, 5.41) is 25.0. The number of rotatable bonds is 3. The van der Waals surface area contributed by atoms with Crippen LogP contribution in [0.4, 0.5) is 0 Å². The second kappa shape index (κ2) is 9.77. The van der Waals surface area contributed by atoms with Crippen LogP contribution in [-0.2, 0) is 14.3 Å². The van der Waals surface area contributed by atoms with Crippen molar-refractivity contribution in [3.63, 3.8) is 0 Å². The molecule has 2 aromatic rings. The Balaban J connectivity index is 1.52. The highest BCUT2D eigenvalue weighted by Gasteiger charge is 2.70. The second-order valence-electron chi connectivity index (χ2n) is 14.5. The first kappa shape index (κ1) is 28.6. The average Bonchev–Trinajstić information content (AvgIpc) is 3.17. The molecule has 0 heterocycles. The van der Waals surface area contributed by atoms with E-state index in [9.17, 15) is 19.8 Å². The molecule has 41 heavy (non-hydrogen) atoms. The molecule has 10 atom stereocenters. The SMILES string of the molecule is CC(=O)O[C@H]1C[C@@]2(C)C(C[C@@H](O)[C@H]3[C@@]4(C)CC[C@@H](O)[C@@H](C)[C@@H]4CC[C@@]32C)/C1=C(/C(C)=O)c1ccc2ccccc2c1. The minimum atomic E-state index is -0.538. The van der Waals surface area contributed by atoms with E-state index in [1.165, 1.54) is 6.92 Å². The predicted octanol–water partition coefficient (Wildman–Crippen LogP) is 6.73. The fourth-order valence-corrected chi connectivity index (χ4v) is 10.8. The first-order valence-corrected chi connectivity index (χ1v) is 15.6.